The largest absolute Gasteiger partial charge is 0.352 e. The lowest BCUT2D eigenvalue weighted by atomic mass is 9.94. The van der Waals surface area contributed by atoms with E-state index in [4.69, 9.17) is 0 Å². The third kappa shape index (κ3) is 4.27. The predicted molar refractivity (Wildman–Crippen MR) is 85.0 cm³/mol. The molecule has 2 rings (SSSR count). The SMILES string of the molecule is Cc1cc(C(=O)NCCC2CCN(C)CC2)ccc1[N+](=O)[O-]. The Morgan fingerprint density at radius 2 is 2.09 bits per heavy atom. The van der Waals surface area contributed by atoms with Gasteiger partial charge in [-0.25, -0.2) is 0 Å². The van der Waals surface area contributed by atoms with E-state index in [-0.39, 0.29) is 11.6 Å². The van der Waals surface area contributed by atoms with Gasteiger partial charge >= 0.3 is 0 Å². The molecule has 0 atom stereocenters. The quantitative estimate of drug-likeness (QED) is 0.669. The highest BCUT2D eigenvalue weighted by Gasteiger charge is 2.17. The zero-order chi connectivity index (χ0) is 16.1. The number of nitrogens with one attached hydrogen (secondary N) is 1. The van der Waals surface area contributed by atoms with Crippen LogP contribution in [0, 0.1) is 23.0 Å². The Labute approximate surface area is 130 Å². The summed E-state index contributed by atoms with van der Waals surface area (Å²) in [6, 6.07) is 4.47. The minimum Gasteiger partial charge on any atom is -0.352 e. The fourth-order valence-electron chi connectivity index (χ4n) is 2.84. The Bertz CT molecular complexity index is 552. The number of nitro groups is 1. The molecule has 0 radical (unpaired) electrons. The first-order chi connectivity index (χ1) is 10.5. The molecule has 1 N–H and O–H groups in total. The standard InChI is InChI=1S/C16H23N3O3/c1-12-11-14(3-4-15(12)19(21)22)16(20)17-8-5-13-6-9-18(2)10-7-13/h3-4,11,13H,5-10H2,1-2H3,(H,17,20). The number of carbonyl (C=O) groups is 1. The maximum Gasteiger partial charge on any atom is 0.272 e. The number of nitrogens with zero attached hydrogens (tertiary/aromatic N) is 2. The smallest absolute Gasteiger partial charge is 0.272 e. The van der Waals surface area contributed by atoms with Gasteiger partial charge in [0.25, 0.3) is 11.6 Å². The number of piperidine rings is 1. The molecule has 1 saturated heterocycles. The minimum absolute atomic E-state index is 0.0443. The number of hydrogen-bond acceptors (Lipinski definition) is 4. The monoisotopic (exact) mass is 305 g/mol. The van der Waals surface area contributed by atoms with Gasteiger partial charge in [0.1, 0.15) is 0 Å². The molecule has 1 aliphatic rings. The number of nitro benzene ring substituents is 1. The number of amides is 1. The Kier molecular flexibility index (Phi) is 5.49. The van der Waals surface area contributed by atoms with Crippen molar-refractivity contribution in [3.63, 3.8) is 0 Å². The Balaban J connectivity index is 1.82. The highest BCUT2D eigenvalue weighted by Crippen LogP contribution is 2.20. The predicted octanol–water partition coefficient (Wildman–Crippen LogP) is 2.36. The van der Waals surface area contributed by atoms with Crippen molar-refractivity contribution in [2.75, 3.05) is 26.7 Å². The van der Waals surface area contributed by atoms with Gasteiger partial charge in [-0.05, 0) is 64.4 Å². The van der Waals surface area contributed by atoms with Gasteiger partial charge in [-0.3, -0.25) is 14.9 Å². The van der Waals surface area contributed by atoms with Crippen LogP contribution in [0.3, 0.4) is 0 Å². The topological polar surface area (TPSA) is 75.5 Å². The number of benzene rings is 1. The van der Waals surface area contributed by atoms with Crippen molar-refractivity contribution in [1.82, 2.24) is 10.2 Å². The highest BCUT2D eigenvalue weighted by molar-refractivity contribution is 5.94. The van der Waals surface area contributed by atoms with E-state index in [2.05, 4.69) is 17.3 Å². The van der Waals surface area contributed by atoms with Gasteiger partial charge < -0.3 is 10.2 Å². The summed E-state index contributed by atoms with van der Waals surface area (Å²) >= 11 is 0. The van der Waals surface area contributed by atoms with Crippen LogP contribution in [-0.2, 0) is 0 Å². The molecule has 1 aliphatic heterocycles. The van der Waals surface area contributed by atoms with E-state index in [1.807, 2.05) is 0 Å². The Hall–Kier alpha value is -1.95. The summed E-state index contributed by atoms with van der Waals surface area (Å²) < 4.78 is 0. The van der Waals surface area contributed by atoms with Gasteiger partial charge in [-0.1, -0.05) is 0 Å². The van der Waals surface area contributed by atoms with Crippen molar-refractivity contribution >= 4 is 11.6 Å². The molecule has 1 fully saturated rings. The summed E-state index contributed by atoms with van der Waals surface area (Å²) in [4.78, 5) is 24.8. The van der Waals surface area contributed by atoms with Gasteiger partial charge in [0.05, 0.1) is 4.92 Å². The van der Waals surface area contributed by atoms with Crippen LogP contribution in [0.5, 0.6) is 0 Å². The van der Waals surface area contributed by atoms with Crippen LogP contribution in [0.4, 0.5) is 5.69 Å². The van der Waals surface area contributed by atoms with Crippen LogP contribution >= 0.6 is 0 Å². The fourth-order valence-corrected chi connectivity index (χ4v) is 2.84. The van der Waals surface area contributed by atoms with Gasteiger partial charge in [0.2, 0.25) is 0 Å². The molecule has 0 bridgehead atoms. The summed E-state index contributed by atoms with van der Waals surface area (Å²) in [5.74, 6) is 0.515. The Morgan fingerprint density at radius 1 is 1.41 bits per heavy atom. The second-order valence-electron chi connectivity index (χ2n) is 6.05. The number of rotatable bonds is 5. The van der Waals surface area contributed by atoms with Crippen molar-refractivity contribution in [2.24, 2.45) is 5.92 Å². The van der Waals surface area contributed by atoms with Gasteiger partial charge in [-0.2, -0.15) is 0 Å². The third-order valence-corrected chi connectivity index (χ3v) is 4.33. The van der Waals surface area contributed by atoms with Crippen LogP contribution in [0.25, 0.3) is 0 Å². The highest BCUT2D eigenvalue weighted by atomic mass is 16.6. The van der Waals surface area contributed by atoms with E-state index in [1.54, 1.807) is 13.0 Å². The molecular formula is C16H23N3O3. The van der Waals surface area contributed by atoms with E-state index >= 15 is 0 Å². The molecule has 0 unspecified atom stereocenters. The minimum atomic E-state index is -0.433. The molecular weight excluding hydrogens is 282 g/mol. The van der Waals surface area contributed by atoms with E-state index in [0.717, 1.165) is 19.5 Å². The molecule has 0 aliphatic carbocycles. The van der Waals surface area contributed by atoms with Gasteiger partial charge in [0.15, 0.2) is 0 Å². The summed E-state index contributed by atoms with van der Waals surface area (Å²) in [5.41, 5.74) is 1.03. The van der Waals surface area contributed by atoms with Gasteiger partial charge in [0, 0.05) is 23.7 Å². The lowest BCUT2D eigenvalue weighted by Crippen LogP contribution is -2.32. The molecule has 1 aromatic rings. The van der Waals surface area contributed by atoms with E-state index < -0.39 is 4.92 Å². The van der Waals surface area contributed by atoms with E-state index in [9.17, 15) is 14.9 Å². The second-order valence-corrected chi connectivity index (χ2v) is 6.05. The van der Waals surface area contributed by atoms with Crippen molar-refractivity contribution < 1.29 is 9.72 Å². The summed E-state index contributed by atoms with van der Waals surface area (Å²) in [6.07, 6.45) is 3.36. The average Bonchev–Trinajstić information content (AvgIpc) is 2.48. The fraction of sp³-hybridized carbons (Fsp3) is 0.562. The maximum absolute atomic E-state index is 12.1. The molecule has 6 heteroatoms. The average molecular weight is 305 g/mol. The summed E-state index contributed by atoms with van der Waals surface area (Å²) in [6.45, 7) is 4.55. The first-order valence-electron chi connectivity index (χ1n) is 7.69. The first kappa shape index (κ1) is 16.4. The lowest BCUT2D eigenvalue weighted by Gasteiger charge is -2.28. The molecule has 0 aromatic heterocycles. The van der Waals surface area contributed by atoms with E-state index in [0.29, 0.717) is 23.6 Å². The first-order valence-corrected chi connectivity index (χ1v) is 7.69. The molecule has 1 aromatic carbocycles. The van der Waals surface area contributed by atoms with Crippen LogP contribution in [0.2, 0.25) is 0 Å². The number of carbonyl (C=O) groups excluding carboxylic acids is 1. The Morgan fingerprint density at radius 3 is 2.68 bits per heavy atom. The van der Waals surface area contributed by atoms with Crippen LogP contribution < -0.4 is 5.32 Å². The van der Waals surface area contributed by atoms with Crippen molar-refractivity contribution in [3.8, 4) is 0 Å². The van der Waals surface area contributed by atoms with E-state index in [1.165, 1.54) is 25.0 Å². The van der Waals surface area contributed by atoms with Crippen LogP contribution in [0.1, 0.15) is 35.2 Å². The van der Waals surface area contributed by atoms with Crippen LogP contribution in [0.15, 0.2) is 18.2 Å². The van der Waals surface area contributed by atoms with Crippen molar-refractivity contribution in [2.45, 2.75) is 26.2 Å². The van der Waals surface area contributed by atoms with Crippen molar-refractivity contribution in [1.29, 1.82) is 0 Å². The number of aryl methyl sites for hydroxylation is 1. The summed E-state index contributed by atoms with van der Waals surface area (Å²) in [7, 11) is 2.13. The number of likely N-dealkylation sites (tertiary alicyclic amines) is 1. The summed E-state index contributed by atoms with van der Waals surface area (Å²) in [5, 5.41) is 13.7. The third-order valence-electron chi connectivity index (χ3n) is 4.33. The molecule has 6 nitrogen and oxygen atoms in total. The molecule has 120 valence electrons. The lowest BCUT2D eigenvalue weighted by molar-refractivity contribution is -0.385. The molecule has 1 amide bonds. The van der Waals surface area contributed by atoms with Crippen molar-refractivity contribution in [3.05, 3.63) is 39.4 Å². The zero-order valence-electron chi connectivity index (χ0n) is 13.2. The number of hydrogen-bond donors (Lipinski definition) is 1. The molecule has 1 heterocycles. The van der Waals surface area contributed by atoms with Gasteiger partial charge in [-0.15, -0.1) is 0 Å². The normalized spacial score (nSPS) is 16.5. The molecule has 22 heavy (non-hydrogen) atoms. The maximum atomic E-state index is 12.1. The zero-order valence-corrected chi connectivity index (χ0v) is 13.2. The molecule has 0 saturated carbocycles. The second kappa shape index (κ2) is 7.35. The molecule has 0 spiro atoms. The van der Waals surface area contributed by atoms with Crippen LogP contribution in [-0.4, -0.2) is 42.4 Å².